The van der Waals surface area contributed by atoms with E-state index in [9.17, 15) is 0 Å². The number of nitriles is 1. The maximum atomic E-state index is 8.48. The Balaban J connectivity index is 4.41. The second-order valence-electron chi connectivity index (χ2n) is 2.36. The molecule has 0 radical (unpaired) electrons. The lowest BCUT2D eigenvalue weighted by Crippen LogP contribution is -2.01. The summed E-state index contributed by atoms with van der Waals surface area (Å²) in [6.45, 7) is 5.66. The highest BCUT2D eigenvalue weighted by molar-refractivity contribution is 5.26. The van der Waals surface area contributed by atoms with Crippen LogP contribution in [0.1, 0.15) is 20.8 Å². The van der Waals surface area contributed by atoms with Gasteiger partial charge in [0.05, 0.1) is 11.6 Å². The molecule has 0 aliphatic heterocycles. The molecule has 0 aromatic rings. The van der Waals surface area contributed by atoms with Gasteiger partial charge in [-0.25, -0.2) is 0 Å². The molecule has 9 heavy (non-hydrogen) atoms. The molecular formula is C7H12N2. The second kappa shape index (κ2) is 3.13. The summed E-state index contributed by atoms with van der Waals surface area (Å²) in [4.78, 5) is 0. The van der Waals surface area contributed by atoms with Crippen LogP contribution in [-0.2, 0) is 0 Å². The van der Waals surface area contributed by atoms with Crippen LogP contribution in [0.3, 0.4) is 0 Å². The number of hydrogen-bond acceptors (Lipinski definition) is 2. The van der Waals surface area contributed by atoms with Gasteiger partial charge in [0.25, 0.3) is 0 Å². The van der Waals surface area contributed by atoms with Crippen LogP contribution in [0.2, 0.25) is 0 Å². The summed E-state index contributed by atoms with van der Waals surface area (Å²) in [5.74, 6) is 0.250. The first kappa shape index (κ1) is 8.03. The third-order valence-electron chi connectivity index (χ3n) is 1.12. The van der Waals surface area contributed by atoms with Gasteiger partial charge in [0.15, 0.2) is 0 Å². The maximum Gasteiger partial charge on any atom is 0.0967 e. The highest BCUT2D eigenvalue weighted by Crippen LogP contribution is 2.09. The number of hydrogen-bond donors (Lipinski definition) is 1. The molecule has 0 aliphatic carbocycles. The van der Waals surface area contributed by atoms with E-state index in [1.54, 1.807) is 6.92 Å². The summed E-state index contributed by atoms with van der Waals surface area (Å²) >= 11 is 0. The van der Waals surface area contributed by atoms with Crippen LogP contribution in [0, 0.1) is 17.2 Å². The van der Waals surface area contributed by atoms with Crippen LogP contribution >= 0.6 is 0 Å². The van der Waals surface area contributed by atoms with Crippen molar-refractivity contribution in [3.05, 3.63) is 11.3 Å². The predicted octanol–water partition coefficient (Wildman–Crippen LogP) is 1.40. The fourth-order valence-corrected chi connectivity index (χ4v) is 0.673. The lowest BCUT2D eigenvalue weighted by atomic mass is 10.0. The number of nitrogens with zero attached hydrogens (tertiary/aromatic N) is 1. The highest BCUT2D eigenvalue weighted by atomic mass is 14.6. The Hall–Kier alpha value is -0.970. The molecule has 0 saturated heterocycles. The summed E-state index contributed by atoms with van der Waals surface area (Å²) in [7, 11) is 0. The van der Waals surface area contributed by atoms with E-state index in [4.69, 9.17) is 11.0 Å². The van der Waals surface area contributed by atoms with E-state index < -0.39 is 0 Å². The van der Waals surface area contributed by atoms with Crippen molar-refractivity contribution in [3.63, 3.8) is 0 Å². The van der Waals surface area contributed by atoms with Crippen LogP contribution in [0.25, 0.3) is 0 Å². The molecule has 2 N–H and O–H groups in total. The topological polar surface area (TPSA) is 49.8 Å². The first-order valence-corrected chi connectivity index (χ1v) is 2.96. The molecule has 0 aliphatic rings. The first-order valence-electron chi connectivity index (χ1n) is 2.96. The summed E-state index contributed by atoms with van der Waals surface area (Å²) in [5.41, 5.74) is 6.73. The lowest BCUT2D eigenvalue weighted by molar-refractivity contribution is 0.781. The number of rotatable bonds is 1. The minimum Gasteiger partial charge on any atom is -0.401 e. The van der Waals surface area contributed by atoms with Crippen molar-refractivity contribution >= 4 is 0 Å². The molecule has 50 valence electrons. The van der Waals surface area contributed by atoms with Gasteiger partial charge in [-0.3, -0.25) is 0 Å². The smallest absolute Gasteiger partial charge is 0.0967 e. The van der Waals surface area contributed by atoms with Gasteiger partial charge in [-0.1, -0.05) is 13.8 Å². The fourth-order valence-electron chi connectivity index (χ4n) is 0.673. The Bertz CT molecular complexity index is 156. The Labute approximate surface area is 56.0 Å². The molecule has 0 atom stereocenters. The van der Waals surface area contributed by atoms with Crippen molar-refractivity contribution in [3.8, 4) is 6.07 Å². The quantitative estimate of drug-likeness (QED) is 0.537. The van der Waals surface area contributed by atoms with E-state index in [1.165, 1.54) is 0 Å². The van der Waals surface area contributed by atoms with Crippen LogP contribution in [-0.4, -0.2) is 0 Å². The summed E-state index contributed by atoms with van der Waals surface area (Å²) in [6.07, 6.45) is 0. The van der Waals surface area contributed by atoms with Gasteiger partial charge < -0.3 is 5.73 Å². The molecule has 0 unspecified atom stereocenters. The van der Waals surface area contributed by atoms with E-state index in [2.05, 4.69) is 6.07 Å². The summed E-state index contributed by atoms with van der Waals surface area (Å²) < 4.78 is 0. The Morgan fingerprint density at radius 1 is 1.56 bits per heavy atom. The van der Waals surface area contributed by atoms with E-state index >= 15 is 0 Å². The molecule has 2 nitrogen and oxygen atoms in total. The summed E-state index contributed by atoms with van der Waals surface area (Å²) in [6, 6.07) is 2.06. The van der Waals surface area contributed by atoms with Crippen molar-refractivity contribution < 1.29 is 0 Å². The Morgan fingerprint density at radius 2 is 2.00 bits per heavy atom. The molecule has 0 heterocycles. The van der Waals surface area contributed by atoms with Crippen LogP contribution in [0.15, 0.2) is 11.3 Å². The van der Waals surface area contributed by atoms with Crippen LogP contribution in [0.4, 0.5) is 0 Å². The van der Waals surface area contributed by atoms with E-state index in [0.29, 0.717) is 11.3 Å². The van der Waals surface area contributed by atoms with Gasteiger partial charge in [0.1, 0.15) is 0 Å². The number of nitrogens with two attached hydrogens (primary N) is 1. The number of allylic oxidation sites excluding steroid dienone is 2. The highest BCUT2D eigenvalue weighted by Gasteiger charge is 2.02. The van der Waals surface area contributed by atoms with Crippen molar-refractivity contribution in [2.75, 3.05) is 0 Å². The Kier molecular flexibility index (Phi) is 2.80. The minimum atomic E-state index is 0.250. The van der Waals surface area contributed by atoms with Crippen molar-refractivity contribution in [1.29, 1.82) is 5.26 Å². The van der Waals surface area contributed by atoms with Gasteiger partial charge in [-0.15, -0.1) is 0 Å². The van der Waals surface area contributed by atoms with Gasteiger partial charge in [0, 0.05) is 5.70 Å². The molecule has 0 saturated carbocycles. The Morgan fingerprint density at radius 3 is 2.00 bits per heavy atom. The van der Waals surface area contributed by atoms with Crippen LogP contribution < -0.4 is 5.73 Å². The average molecular weight is 124 g/mol. The van der Waals surface area contributed by atoms with E-state index in [-0.39, 0.29) is 5.92 Å². The van der Waals surface area contributed by atoms with Crippen molar-refractivity contribution in [2.45, 2.75) is 20.8 Å². The van der Waals surface area contributed by atoms with Crippen molar-refractivity contribution in [2.24, 2.45) is 11.7 Å². The maximum absolute atomic E-state index is 8.48. The molecule has 0 spiro atoms. The third-order valence-corrected chi connectivity index (χ3v) is 1.12. The van der Waals surface area contributed by atoms with Crippen LogP contribution in [0.5, 0.6) is 0 Å². The molecule has 2 heteroatoms. The van der Waals surface area contributed by atoms with Gasteiger partial charge >= 0.3 is 0 Å². The molecule has 0 aromatic carbocycles. The van der Waals surface area contributed by atoms with Gasteiger partial charge in [0.2, 0.25) is 0 Å². The summed E-state index contributed by atoms with van der Waals surface area (Å²) in [5, 5.41) is 8.48. The largest absolute Gasteiger partial charge is 0.401 e. The fraction of sp³-hybridized carbons (Fsp3) is 0.571. The minimum absolute atomic E-state index is 0.250. The van der Waals surface area contributed by atoms with E-state index in [0.717, 1.165) is 0 Å². The van der Waals surface area contributed by atoms with Gasteiger partial charge in [-0.05, 0) is 12.8 Å². The first-order chi connectivity index (χ1) is 4.09. The third kappa shape index (κ3) is 2.18. The molecule has 0 amide bonds. The molecule has 0 rings (SSSR count). The molecule has 0 fully saturated rings. The molecule has 0 bridgehead atoms. The zero-order valence-electron chi connectivity index (χ0n) is 6.10. The SMILES string of the molecule is C/C(N)=C(\C#N)C(C)C. The van der Waals surface area contributed by atoms with Crippen molar-refractivity contribution in [1.82, 2.24) is 0 Å². The molecule has 0 aromatic heterocycles. The zero-order valence-corrected chi connectivity index (χ0v) is 6.10. The predicted molar refractivity (Wildman–Crippen MR) is 37.3 cm³/mol. The zero-order chi connectivity index (χ0) is 7.44. The normalized spacial score (nSPS) is 12.8. The van der Waals surface area contributed by atoms with E-state index in [1.807, 2.05) is 13.8 Å². The average Bonchev–Trinajstić information content (AvgIpc) is 1.64. The lowest BCUT2D eigenvalue weighted by Gasteiger charge is -2.02. The molecular weight excluding hydrogens is 112 g/mol. The standard InChI is InChI=1S/C7H12N2/c1-5(2)7(4-8)6(3)9/h5H,9H2,1-3H3/b7-6-. The van der Waals surface area contributed by atoms with Gasteiger partial charge in [-0.2, -0.15) is 5.26 Å². The monoisotopic (exact) mass is 124 g/mol. The second-order valence-corrected chi connectivity index (χ2v) is 2.36.